The number of benzene rings is 2. The molecule has 4 aliphatic rings. The molecular formula is C31H31BN2O4. The molecule has 192 valence electrons. The van der Waals surface area contributed by atoms with E-state index in [1.54, 1.807) is 6.92 Å². The van der Waals surface area contributed by atoms with E-state index >= 15 is 0 Å². The molecule has 6 nitrogen and oxygen atoms in total. The van der Waals surface area contributed by atoms with Crippen LogP contribution >= 0.6 is 0 Å². The van der Waals surface area contributed by atoms with Crippen molar-refractivity contribution in [2.45, 2.75) is 70.6 Å². The van der Waals surface area contributed by atoms with E-state index < -0.39 is 18.4 Å². The molecule has 1 atom stereocenters. The second-order valence-electron chi connectivity index (χ2n) is 11.4. The molecule has 2 aliphatic heterocycles. The first kappa shape index (κ1) is 23.7. The van der Waals surface area contributed by atoms with Gasteiger partial charge in [-0.15, -0.1) is 0 Å². The van der Waals surface area contributed by atoms with Crippen molar-refractivity contribution in [3.63, 3.8) is 0 Å². The molecule has 0 radical (unpaired) electrons. The van der Waals surface area contributed by atoms with Gasteiger partial charge in [-0.1, -0.05) is 42.5 Å². The van der Waals surface area contributed by atoms with Crippen molar-refractivity contribution in [3.8, 4) is 5.69 Å². The average molecular weight is 506 g/mol. The van der Waals surface area contributed by atoms with Crippen molar-refractivity contribution in [2.75, 3.05) is 0 Å². The maximum Gasteiger partial charge on any atom is 0.496 e. The number of rotatable bonds is 3. The minimum absolute atomic E-state index is 0.204. The first-order chi connectivity index (χ1) is 18.3. The van der Waals surface area contributed by atoms with Gasteiger partial charge < -0.3 is 13.9 Å². The molecule has 2 aromatic carbocycles. The Kier molecular flexibility index (Phi) is 5.17. The predicted molar refractivity (Wildman–Crippen MR) is 148 cm³/mol. The second-order valence-corrected chi connectivity index (χ2v) is 11.4. The second kappa shape index (κ2) is 8.29. The van der Waals surface area contributed by atoms with Gasteiger partial charge in [0.15, 0.2) is 5.72 Å². The fourth-order valence-electron chi connectivity index (χ4n) is 6.68. The lowest BCUT2D eigenvalue weighted by Crippen LogP contribution is -2.60. The molecular weight excluding hydrogens is 475 g/mol. The average Bonchev–Trinajstić information content (AvgIpc) is 3.52. The van der Waals surface area contributed by atoms with Crippen LogP contribution < -0.4 is 5.46 Å². The Labute approximate surface area is 223 Å². The summed E-state index contributed by atoms with van der Waals surface area (Å²) in [5.41, 5.74) is 6.75. The molecule has 2 fully saturated rings. The van der Waals surface area contributed by atoms with Crippen molar-refractivity contribution >= 4 is 40.9 Å². The number of aryl methyl sites for hydroxylation is 1. The zero-order valence-corrected chi connectivity index (χ0v) is 22.1. The van der Waals surface area contributed by atoms with E-state index in [2.05, 4.69) is 65.3 Å². The molecule has 0 bridgehead atoms. The number of hydrogen-bond acceptors (Lipinski definition) is 4. The van der Waals surface area contributed by atoms with Gasteiger partial charge in [0, 0.05) is 23.9 Å². The van der Waals surface area contributed by atoms with E-state index in [1.165, 1.54) is 32.7 Å². The Bertz CT molecular complexity index is 1550. The summed E-state index contributed by atoms with van der Waals surface area (Å²) < 4.78 is 15.3. The number of fused-ring (bicyclic) bond motifs is 4. The van der Waals surface area contributed by atoms with Crippen LogP contribution in [-0.2, 0) is 25.3 Å². The lowest BCUT2D eigenvalue weighted by molar-refractivity contribution is -0.171. The Balaban J connectivity index is 1.36. The molecule has 38 heavy (non-hydrogen) atoms. The number of allylic oxidation sites excluding steroid dienone is 4. The largest absolute Gasteiger partial charge is 0.496 e. The molecule has 0 saturated carbocycles. The van der Waals surface area contributed by atoms with Gasteiger partial charge in [-0.2, -0.15) is 0 Å². The van der Waals surface area contributed by atoms with Gasteiger partial charge in [0.05, 0.1) is 16.8 Å². The van der Waals surface area contributed by atoms with Gasteiger partial charge in [0.2, 0.25) is 11.8 Å². The third kappa shape index (κ3) is 3.28. The highest BCUT2D eigenvalue weighted by molar-refractivity contribution is 6.62. The lowest BCUT2D eigenvalue weighted by Gasteiger charge is -2.41. The fraction of sp³-hybridized carbons (Fsp3) is 0.355. The quantitative estimate of drug-likeness (QED) is 0.368. The van der Waals surface area contributed by atoms with Gasteiger partial charge in [0.25, 0.3) is 0 Å². The van der Waals surface area contributed by atoms with Crippen LogP contribution in [0.15, 0.2) is 66.3 Å². The van der Waals surface area contributed by atoms with E-state index in [9.17, 15) is 9.59 Å². The molecule has 7 heteroatoms. The number of aromatic nitrogens is 1. The van der Waals surface area contributed by atoms with Crippen LogP contribution in [0.25, 0.3) is 22.2 Å². The van der Waals surface area contributed by atoms with Gasteiger partial charge in [-0.05, 0) is 86.8 Å². The van der Waals surface area contributed by atoms with E-state index in [-0.39, 0.29) is 24.7 Å². The molecule has 0 N–H and O–H groups in total. The minimum atomic E-state index is -1.18. The van der Waals surface area contributed by atoms with Gasteiger partial charge in [-0.25, -0.2) is 0 Å². The molecule has 1 aromatic heterocycles. The summed E-state index contributed by atoms with van der Waals surface area (Å²) >= 11 is 0. The maximum absolute atomic E-state index is 12.7. The molecule has 1 unspecified atom stereocenters. The maximum atomic E-state index is 12.7. The summed E-state index contributed by atoms with van der Waals surface area (Å²) in [5, 5.41) is 1.20. The lowest BCUT2D eigenvalue weighted by atomic mass is 9.78. The summed E-state index contributed by atoms with van der Waals surface area (Å²) in [6, 6.07) is 17.0. The molecule has 2 saturated heterocycles. The molecule has 2 aliphatic carbocycles. The van der Waals surface area contributed by atoms with Crippen molar-refractivity contribution in [2.24, 2.45) is 0 Å². The normalized spacial score (nSPS) is 24.5. The highest BCUT2D eigenvalue weighted by Crippen LogP contribution is 2.45. The number of carbonyl (C=O) groups is 2. The number of para-hydroxylation sites is 1. The van der Waals surface area contributed by atoms with Crippen LogP contribution in [0.3, 0.4) is 0 Å². The highest BCUT2D eigenvalue weighted by atomic mass is 16.7. The van der Waals surface area contributed by atoms with E-state index in [1.807, 2.05) is 13.8 Å². The van der Waals surface area contributed by atoms with Crippen LogP contribution in [-0.4, -0.2) is 39.7 Å². The van der Waals surface area contributed by atoms with Gasteiger partial charge >= 0.3 is 7.12 Å². The van der Waals surface area contributed by atoms with Crippen LogP contribution in [0.2, 0.25) is 0 Å². The Hall–Kier alpha value is -3.42. The Morgan fingerprint density at radius 2 is 1.63 bits per heavy atom. The van der Waals surface area contributed by atoms with Gasteiger partial charge in [-0.3, -0.25) is 14.5 Å². The van der Waals surface area contributed by atoms with Crippen LogP contribution in [0.4, 0.5) is 0 Å². The zero-order chi connectivity index (χ0) is 26.2. The fourth-order valence-corrected chi connectivity index (χ4v) is 6.68. The van der Waals surface area contributed by atoms with Crippen molar-refractivity contribution < 1.29 is 18.9 Å². The first-order valence-electron chi connectivity index (χ1n) is 13.6. The first-order valence-corrected chi connectivity index (χ1v) is 13.6. The zero-order valence-electron chi connectivity index (χ0n) is 22.1. The monoisotopic (exact) mass is 506 g/mol. The molecule has 3 aromatic rings. The van der Waals surface area contributed by atoms with Gasteiger partial charge in [0.1, 0.15) is 0 Å². The van der Waals surface area contributed by atoms with Crippen LogP contribution in [0, 0.1) is 0 Å². The topological polar surface area (TPSA) is 60.8 Å². The summed E-state index contributed by atoms with van der Waals surface area (Å²) in [6.07, 6.45) is 9.17. The minimum Gasteiger partial charge on any atom is -0.397 e. The van der Waals surface area contributed by atoms with Crippen LogP contribution in [0.1, 0.15) is 64.1 Å². The Morgan fingerprint density at radius 1 is 0.868 bits per heavy atom. The third-order valence-corrected chi connectivity index (χ3v) is 8.91. The summed E-state index contributed by atoms with van der Waals surface area (Å²) in [6.45, 7) is 5.58. The summed E-state index contributed by atoms with van der Waals surface area (Å²) in [4.78, 5) is 26.6. The smallest absolute Gasteiger partial charge is 0.397 e. The number of amides is 2. The summed E-state index contributed by atoms with van der Waals surface area (Å²) in [5.74, 6) is -0.408. The molecule has 3 heterocycles. The summed E-state index contributed by atoms with van der Waals surface area (Å²) in [7, 11) is -0.688. The highest BCUT2D eigenvalue weighted by Gasteiger charge is 2.61. The van der Waals surface area contributed by atoms with E-state index in [0.29, 0.717) is 0 Å². The standard InChI is InChI=1S/C31H31BN2O4/c1-30(2)31(3,34-27(35)17-18-28(34)36)38-32(37-30)21-14-16-26-25(19-21)24-15-13-20-9-7-8-12-23(20)29(24)33(26)22-10-5-4-6-11-22/h4-7,9-11,14,16,19H,8,12-13,15,17-18H2,1-3H3. The molecule has 7 rings (SSSR count). The number of carbonyl (C=O) groups excluding carboxylic acids is 2. The number of imide groups is 1. The van der Waals surface area contributed by atoms with E-state index in [4.69, 9.17) is 9.31 Å². The number of hydrogen-bond donors (Lipinski definition) is 0. The SMILES string of the molecule is CC1(C)OB(c2ccc3c(c2)c2c(n3-c3ccccc3)C3=C(C=CCC3)CC2)OC1(C)N1C(=O)CCC1=O. The van der Waals surface area contributed by atoms with E-state index in [0.717, 1.165) is 42.4 Å². The predicted octanol–water partition coefficient (Wildman–Crippen LogP) is 5.07. The van der Waals surface area contributed by atoms with Crippen molar-refractivity contribution in [1.82, 2.24) is 9.47 Å². The molecule has 0 spiro atoms. The Morgan fingerprint density at radius 3 is 2.39 bits per heavy atom. The number of nitrogens with zero attached hydrogens (tertiary/aromatic N) is 2. The third-order valence-electron chi connectivity index (χ3n) is 8.91. The van der Waals surface area contributed by atoms with Crippen molar-refractivity contribution in [3.05, 3.63) is 77.5 Å². The van der Waals surface area contributed by atoms with Crippen LogP contribution in [0.5, 0.6) is 0 Å². The van der Waals surface area contributed by atoms with Crippen molar-refractivity contribution in [1.29, 1.82) is 0 Å². The molecule has 2 amide bonds. The number of likely N-dealkylation sites (tertiary alicyclic amines) is 1.